The lowest BCUT2D eigenvalue weighted by Crippen LogP contribution is -2.42. The summed E-state index contributed by atoms with van der Waals surface area (Å²) in [7, 11) is 2.08. The average molecular weight is 227 g/mol. The number of nitrogens with zero attached hydrogens (tertiary/aromatic N) is 1. The van der Waals surface area contributed by atoms with E-state index in [0.29, 0.717) is 6.42 Å². The second kappa shape index (κ2) is 3.46. The summed E-state index contributed by atoms with van der Waals surface area (Å²) in [5.41, 5.74) is 4.01. The quantitative estimate of drug-likeness (QED) is 0.679. The molecule has 1 heterocycles. The normalized spacial score (nSPS) is 27.3. The first-order valence-electron chi connectivity index (χ1n) is 6.16. The van der Waals surface area contributed by atoms with Gasteiger partial charge in [-0.05, 0) is 24.5 Å². The first-order valence-corrected chi connectivity index (χ1v) is 6.16. The van der Waals surface area contributed by atoms with E-state index < -0.39 is 0 Å². The Kier molecular flexibility index (Phi) is 2.15. The standard InChI is InChI=1S/C15H17NO/c1-15-8-7-12(17)9-14(15)16(2)10-11-5-3-4-6-13(11)15/h3-6,9H,7-8,10H2,1-2H3. The van der Waals surface area contributed by atoms with E-state index in [-0.39, 0.29) is 11.2 Å². The molecule has 0 radical (unpaired) electrons. The number of hydrogen-bond donors (Lipinski definition) is 0. The van der Waals surface area contributed by atoms with Crippen molar-refractivity contribution in [2.75, 3.05) is 7.05 Å². The molecule has 0 amide bonds. The predicted octanol–water partition coefficient (Wildman–Crippen LogP) is 2.64. The number of fused-ring (bicyclic) bond motifs is 3. The molecule has 3 rings (SSSR count). The Labute approximate surface area is 102 Å². The molecule has 0 fully saturated rings. The van der Waals surface area contributed by atoms with Crippen LogP contribution in [0.3, 0.4) is 0 Å². The van der Waals surface area contributed by atoms with Crippen molar-refractivity contribution in [3.8, 4) is 0 Å². The van der Waals surface area contributed by atoms with Gasteiger partial charge in [0.25, 0.3) is 0 Å². The Hall–Kier alpha value is -1.57. The van der Waals surface area contributed by atoms with Crippen LogP contribution in [0.25, 0.3) is 0 Å². The highest BCUT2D eigenvalue weighted by Gasteiger charge is 2.41. The smallest absolute Gasteiger partial charge is 0.157 e. The van der Waals surface area contributed by atoms with Crippen molar-refractivity contribution < 1.29 is 4.79 Å². The Morgan fingerprint density at radius 3 is 2.88 bits per heavy atom. The third-order valence-corrected chi connectivity index (χ3v) is 4.17. The van der Waals surface area contributed by atoms with Crippen molar-refractivity contribution in [3.05, 3.63) is 47.2 Å². The number of benzene rings is 1. The van der Waals surface area contributed by atoms with Crippen molar-refractivity contribution >= 4 is 5.78 Å². The van der Waals surface area contributed by atoms with Crippen molar-refractivity contribution in [3.63, 3.8) is 0 Å². The first-order chi connectivity index (χ1) is 8.11. The number of carbonyl (C=O) groups excluding carboxylic acids is 1. The molecule has 1 atom stereocenters. The lowest BCUT2D eigenvalue weighted by atomic mass is 9.68. The monoisotopic (exact) mass is 227 g/mol. The van der Waals surface area contributed by atoms with E-state index in [1.165, 1.54) is 16.8 Å². The fourth-order valence-electron chi connectivity index (χ4n) is 3.23. The van der Waals surface area contributed by atoms with Crippen molar-refractivity contribution in [2.24, 2.45) is 0 Å². The van der Waals surface area contributed by atoms with Crippen LogP contribution in [0, 0.1) is 0 Å². The van der Waals surface area contributed by atoms with E-state index in [2.05, 4.69) is 43.1 Å². The Bertz CT molecular complexity index is 517. The minimum Gasteiger partial charge on any atom is -0.373 e. The molecule has 0 saturated carbocycles. The van der Waals surface area contributed by atoms with Gasteiger partial charge in [0.1, 0.15) is 0 Å². The summed E-state index contributed by atoms with van der Waals surface area (Å²) in [6.45, 7) is 3.17. The third kappa shape index (κ3) is 1.43. The van der Waals surface area contributed by atoms with Gasteiger partial charge in [-0.3, -0.25) is 4.79 Å². The summed E-state index contributed by atoms with van der Waals surface area (Å²) >= 11 is 0. The number of ketones is 1. The van der Waals surface area contributed by atoms with Gasteiger partial charge in [0.05, 0.1) is 0 Å². The summed E-state index contributed by atoms with van der Waals surface area (Å²) in [6, 6.07) is 8.61. The Morgan fingerprint density at radius 2 is 2.06 bits per heavy atom. The van der Waals surface area contributed by atoms with E-state index in [1.54, 1.807) is 0 Å². The summed E-state index contributed by atoms with van der Waals surface area (Å²) in [5, 5.41) is 0. The molecule has 1 aromatic carbocycles. The van der Waals surface area contributed by atoms with Gasteiger partial charge in [-0.25, -0.2) is 0 Å². The summed E-state index contributed by atoms with van der Waals surface area (Å²) in [5.74, 6) is 0.267. The minimum absolute atomic E-state index is 0.0253. The van der Waals surface area contributed by atoms with Gasteiger partial charge in [0.2, 0.25) is 0 Å². The summed E-state index contributed by atoms with van der Waals surface area (Å²) in [4.78, 5) is 13.8. The van der Waals surface area contributed by atoms with Crippen LogP contribution in [0.4, 0.5) is 0 Å². The van der Waals surface area contributed by atoms with Crippen molar-refractivity contribution in [1.82, 2.24) is 4.90 Å². The van der Waals surface area contributed by atoms with Crippen LogP contribution in [0.1, 0.15) is 30.9 Å². The maximum Gasteiger partial charge on any atom is 0.157 e. The van der Waals surface area contributed by atoms with Gasteiger partial charge >= 0.3 is 0 Å². The first kappa shape index (κ1) is 10.6. The van der Waals surface area contributed by atoms with Crippen LogP contribution < -0.4 is 0 Å². The molecular formula is C15H17NO. The zero-order valence-electron chi connectivity index (χ0n) is 10.4. The van der Waals surface area contributed by atoms with Crippen molar-refractivity contribution in [2.45, 2.75) is 31.7 Å². The summed E-state index contributed by atoms with van der Waals surface area (Å²) < 4.78 is 0. The van der Waals surface area contributed by atoms with Gasteiger partial charge in [0, 0.05) is 37.2 Å². The van der Waals surface area contributed by atoms with E-state index >= 15 is 0 Å². The fraction of sp³-hybridized carbons (Fsp3) is 0.400. The highest BCUT2D eigenvalue weighted by molar-refractivity contribution is 5.92. The van der Waals surface area contributed by atoms with Crippen LogP contribution in [0.5, 0.6) is 0 Å². The molecule has 2 aliphatic rings. The van der Waals surface area contributed by atoms with Gasteiger partial charge in [0.15, 0.2) is 5.78 Å². The zero-order chi connectivity index (χ0) is 12.0. The molecule has 17 heavy (non-hydrogen) atoms. The van der Waals surface area contributed by atoms with E-state index in [0.717, 1.165) is 13.0 Å². The number of rotatable bonds is 0. The van der Waals surface area contributed by atoms with Crippen LogP contribution in [-0.2, 0) is 16.8 Å². The molecule has 1 unspecified atom stereocenters. The molecule has 1 aromatic rings. The van der Waals surface area contributed by atoms with Crippen LogP contribution in [-0.4, -0.2) is 17.7 Å². The van der Waals surface area contributed by atoms with Gasteiger partial charge in [-0.15, -0.1) is 0 Å². The maximum absolute atomic E-state index is 11.6. The van der Waals surface area contributed by atoms with Gasteiger partial charge in [-0.2, -0.15) is 0 Å². The SMILES string of the molecule is CN1Cc2ccccc2C2(C)CCC(=O)C=C12. The lowest BCUT2D eigenvalue weighted by molar-refractivity contribution is -0.115. The van der Waals surface area contributed by atoms with E-state index in [9.17, 15) is 4.79 Å². The molecule has 0 N–H and O–H groups in total. The highest BCUT2D eigenvalue weighted by atomic mass is 16.1. The topological polar surface area (TPSA) is 20.3 Å². The van der Waals surface area contributed by atoms with E-state index in [1.807, 2.05) is 6.08 Å². The Balaban J connectivity index is 2.22. The van der Waals surface area contributed by atoms with E-state index in [4.69, 9.17) is 0 Å². The van der Waals surface area contributed by atoms with Gasteiger partial charge < -0.3 is 4.90 Å². The molecule has 1 aliphatic carbocycles. The minimum atomic E-state index is 0.0253. The highest BCUT2D eigenvalue weighted by Crippen LogP contribution is 2.45. The molecule has 0 bridgehead atoms. The number of likely N-dealkylation sites (N-methyl/N-ethyl adjacent to an activating group) is 1. The molecular weight excluding hydrogens is 210 g/mol. The van der Waals surface area contributed by atoms with Crippen LogP contribution in [0.15, 0.2) is 36.0 Å². The van der Waals surface area contributed by atoms with Crippen molar-refractivity contribution in [1.29, 1.82) is 0 Å². The third-order valence-electron chi connectivity index (χ3n) is 4.17. The number of hydrogen-bond acceptors (Lipinski definition) is 2. The van der Waals surface area contributed by atoms with Gasteiger partial charge in [-0.1, -0.05) is 24.3 Å². The molecule has 88 valence electrons. The Morgan fingerprint density at radius 1 is 1.29 bits per heavy atom. The fourth-order valence-corrected chi connectivity index (χ4v) is 3.23. The second-order valence-electron chi connectivity index (χ2n) is 5.34. The van der Waals surface area contributed by atoms with Crippen LogP contribution in [0.2, 0.25) is 0 Å². The number of allylic oxidation sites excluding steroid dienone is 2. The predicted molar refractivity (Wildman–Crippen MR) is 67.6 cm³/mol. The zero-order valence-corrected chi connectivity index (χ0v) is 10.4. The molecule has 2 nitrogen and oxygen atoms in total. The molecule has 0 saturated heterocycles. The number of carbonyl (C=O) groups is 1. The molecule has 1 aliphatic heterocycles. The molecule has 2 heteroatoms. The summed E-state index contributed by atoms with van der Waals surface area (Å²) in [6.07, 6.45) is 3.45. The van der Waals surface area contributed by atoms with Crippen LogP contribution >= 0.6 is 0 Å². The molecule has 0 aromatic heterocycles. The maximum atomic E-state index is 11.6. The molecule has 0 spiro atoms. The largest absolute Gasteiger partial charge is 0.373 e. The second-order valence-corrected chi connectivity index (χ2v) is 5.34. The average Bonchev–Trinajstić information content (AvgIpc) is 2.32. The lowest BCUT2D eigenvalue weighted by Gasteiger charge is -2.45.